The highest BCUT2D eigenvalue weighted by molar-refractivity contribution is 6.22. The molecular formula is C8H10F3N3O5. The summed E-state index contributed by atoms with van der Waals surface area (Å²) in [6.07, 6.45) is -4.42. The van der Waals surface area contributed by atoms with E-state index in [1.165, 1.54) is 0 Å². The number of carboxylic acid groups (broad SMARTS) is 2. The number of carbonyl (C=O) groups excluding carboxylic acids is 1. The largest absolute Gasteiger partial charge is 0.490 e. The third kappa shape index (κ3) is 4.91. The maximum atomic E-state index is 10.9. The van der Waals surface area contributed by atoms with Crippen molar-refractivity contribution in [3.63, 3.8) is 0 Å². The van der Waals surface area contributed by atoms with E-state index in [0.29, 0.717) is 6.21 Å². The SMILES string of the molecule is C[C@H]1C(N)C(=O)N1N=CC(=O)O.O=C(O)C(F)(F)F. The second kappa shape index (κ2) is 6.13. The molecular weight excluding hydrogens is 275 g/mol. The molecule has 0 saturated carbocycles. The molecule has 0 aromatic carbocycles. The lowest BCUT2D eigenvalue weighted by atomic mass is 10.0. The van der Waals surface area contributed by atoms with Crippen molar-refractivity contribution < 1.29 is 37.8 Å². The van der Waals surface area contributed by atoms with Gasteiger partial charge in [0.15, 0.2) is 0 Å². The molecule has 1 rings (SSSR count). The van der Waals surface area contributed by atoms with Gasteiger partial charge >= 0.3 is 18.1 Å². The Morgan fingerprint density at radius 2 is 1.84 bits per heavy atom. The van der Waals surface area contributed by atoms with Crippen LogP contribution < -0.4 is 5.73 Å². The molecule has 0 bridgehead atoms. The zero-order valence-corrected chi connectivity index (χ0v) is 9.46. The van der Waals surface area contributed by atoms with Gasteiger partial charge in [0.25, 0.3) is 5.91 Å². The van der Waals surface area contributed by atoms with Crippen LogP contribution in [0.5, 0.6) is 0 Å². The number of rotatable bonds is 2. The van der Waals surface area contributed by atoms with Crippen molar-refractivity contribution >= 4 is 24.1 Å². The smallest absolute Gasteiger partial charge is 0.477 e. The number of nitrogens with zero attached hydrogens (tertiary/aromatic N) is 2. The predicted molar refractivity (Wildman–Crippen MR) is 54.1 cm³/mol. The number of β-lactam (4-membered cyclic amide) rings is 1. The van der Waals surface area contributed by atoms with Crippen LogP contribution in [0.1, 0.15) is 6.92 Å². The maximum absolute atomic E-state index is 10.9. The first-order valence-electron chi connectivity index (χ1n) is 4.64. The number of carbonyl (C=O) groups is 3. The molecule has 1 amide bonds. The van der Waals surface area contributed by atoms with Crippen LogP contribution in [0.3, 0.4) is 0 Å². The van der Waals surface area contributed by atoms with Crippen molar-refractivity contribution in [2.75, 3.05) is 0 Å². The van der Waals surface area contributed by atoms with Crippen LogP contribution in [-0.2, 0) is 14.4 Å². The molecule has 1 aliphatic rings. The number of aliphatic carboxylic acids is 2. The van der Waals surface area contributed by atoms with E-state index in [-0.39, 0.29) is 11.9 Å². The van der Waals surface area contributed by atoms with Gasteiger partial charge in [0.2, 0.25) is 0 Å². The van der Waals surface area contributed by atoms with E-state index in [2.05, 4.69) is 5.10 Å². The predicted octanol–water partition coefficient (Wildman–Crippen LogP) is -0.752. The Labute approximate surface area is 104 Å². The molecule has 1 heterocycles. The summed E-state index contributed by atoms with van der Waals surface area (Å²) in [7, 11) is 0. The Morgan fingerprint density at radius 1 is 1.42 bits per heavy atom. The number of carboxylic acids is 2. The first-order valence-corrected chi connectivity index (χ1v) is 4.64. The summed E-state index contributed by atoms with van der Waals surface area (Å²) in [4.78, 5) is 29.8. The van der Waals surface area contributed by atoms with Gasteiger partial charge in [0.1, 0.15) is 12.3 Å². The highest BCUT2D eigenvalue weighted by Gasteiger charge is 2.42. The lowest BCUT2D eigenvalue weighted by Gasteiger charge is -2.38. The van der Waals surface area contributed by atoms with Gasteiger partial charge in [0.05, 0.1) is 6.04 Å². The summed E-state index contributed by atoms with van der Waals surface area (Å²) >= 11 is 0. The second-order valence-corrected chi connectivity index (χ2v) is 3.33. The minimum Gasteiger partial charge on any atom is -0.477 e. The van der Waals surface area contributed by atoms with Gasteiger partial charge in [0, 0.05) is 0 Å². The van der Waals surface area contributed by atoms with Gasteiger partial charge in [-0.1, -0.05) is 0 Å². The fourth-order valence-corrected chi connectivity index (χ4v) is 0.903. The van der Waals surface area contributed by atoms with Crippen molar-refractivity contribution in [2.45, 2.75) is 25.2 Å². The van der Waals surface area contributed by atoms with E-state index in [1.54, 1.807) is 6.92 Å². The minimum absolute atomic E-state index is 0.215. The lowest BCUT2D eigenvalue weighted by molar-refractivity contribution is -0.192. The molecule has 0 aromatic rings. The third-order valence-corrected chi connectivity index (χ3v) is 1.95. The number of amides is 1. The summed E-state index contributed by atoms with van der Waals surface area (Å²) in [5.74, 6) is -4.29. The Bertz CT molecular complexity index is 409. The molecule has 2 atom stereocenters. The molecule has 0 aromatic heterocycles. The number of alkyl halides is 3. The zero-order valence-electron chi connectivity index (χ0n) is 9.46. The van der Waals surface area contributed by atoms with Crippen LogP contribution in [0.15, 0.2) is 5.10 Å². The molecule has 0 spiro atoms. The number of nitrogens with two attached hydrogens (primary N) is 1. The van der Waals surface area contributed by atoms with E-state index < -0.39 is 24.2 Å². The van der Waals surface area contributed by atoms with Gasteiger partial charge in [-0.15, -0.1) is 0 Å². The summed E-state index contributed by atoms with van der Waals surface area (Å²) < 4.78 is 31.7. The quantitative estimate of drug-likeness (QED) is 0.451. The molecule has 1 saturated heterocycles. The lowest BCUT2D eigenvalue weighted by Crippen LogP contribution is -2.65. The molecule has 4 N–H and O–H groups in total. The van der Waals surface area contributed by atoms with Crippen molar-refractivity contribution in [1.82, 2.24) is 5.01 Å². The third-order valence-electron chi connectivity index (χ3n) is 1.95. The van der Waals surface area contributed by atoms with Crippen molar-refractivity contribution in [2.24, 2.45) is 10.8 Å². The van der Waals surface area contributed by atoms with Gasteiger partial charge in [-0.2, -0.15) is 18.3 Å². The number of hydrogen-bond donors (Lipinski definition) is 3. The highest BCUT2D eigenvalue weighted by Crippen LogP contribution is 2.17. The van der Waals surface area contributed by atoms with Crippen LogP contribution in [0.4, 0.5) is 13.2 Å². The van der Waals surface area contributed by atoms with Gasteiger partial charge < -0.3 is 15.9 Å². The van der Waals surface area contributed by atoms with Crippen LogP contribution in [0.25, 0.3) is 0 Å². The standard InChI is InChI=1S/C6H9N3O3.C2HF3O2/c1-3-5(7)6(12)9(3)8-2-4(10)11;3-2(4,5)1(6)7/h2-3,5H,7H2,1H3,(H,10,11);(H,6,7)/t3-,5?;/m0./s1. The molecule has 1 aliphatic heterocycles. The minimum atomic E-state index is -5.08. The number of hydrogen-bond acceptors (Lipinski definition) is 5. The summed E-state index contributed by atoms with van der Waals surface area (Å²) in [6, 6.07) is -0.760. The molecule has 8 nitrogen and oxygen atoms in total. The van der Waals surface area contributed by atoms with Crippen LogP contribution >= 0.6 is 0 Å². The van der Waals surface area contributed by atoms with E-state index in [4.69, 9.17) is 20.7 Å². The Morgan fingerprint density at radius 3 is 2.11 bits per heavy atom. The first-order chi connectivity index (χ1) is 8.48. The van der Waals surface area contributed by atoms with E-state index in [9.17, 15) is 22.8 Å². The van der Waals surface area contributed by atoms with E-state index in [1.807, 2.05) is 0 Å². The Balaban J connectivity index is 0.000000399. The Hall–Kier alpha value is -2.17. The normalized spacial score (nSPS) is 22.6. The molecule has 108 valence electrons. The van der Waals surface area contributed by atoms with Crippen LogP contribution in [-0.4, -0.2) is 57.5 Å². The molecule has 11 heteroatoms. The maximum Gasteiger partial charge on any atom is 0.490 e. The molecule has 0 radical (unpaired) electrons. The number of halogens is 3. The summed E-state index contributed by atoms with van der Waals surface area (Å²) in [5, 5.41) is 19.8. The fourth-order valence-electron chi connectivity index (χ4n) is 0.903. The molecule has 0 aliphatic carbocycles. The summed E-state index contributed by atoms with van der Waals surface area (Å²) in [5.41, 5.74) is 5.35. The fraction of sp³-hybridized carbons (Fsp3) is 0.500. The van der Waals surface area contributed by atoms with Crippen LogP contribution in [0, 0.1) is 0 Å². The topological polar surface area (TPSA) is 133 Å². The van der Waals surface area contributed by atoms with Crippen molar-refractivity contribution in [3.05, 3.63) is 0 Å². The van der Waals surface area contributed by atoms with Gasteiger partial charge in [-0.3, -0.25) is 4.79 Å². The number of hydrazone groups is 1. The molecule has 1 fully saturated rings. The average Bonchev–Trinajstić information content (AvgIpc) is 2.27. The average molecular weight is 285 g/mol. The van der Waals surface area contributed by atoms with Crippen molar-refractivity contribution in [3.8, 4) is 0 Å². The summed E-state index contributed by atoms with van der Waals surface area (Å²) in [6.45, 7) is 1.70. The highest BCUT2D eigenvalue weighted by atomic mass is 19.4. The van der Waals surface area contributed by atoms with Crippen molar-refractivity contribution in [1.29, 1.82) is 0 Å². The van der Waals surface area contributed by atoms with Gasteiger partial charge in [-0.05, 0) is 6.92 Å². The first kappa shape index (κ1) is 16.8. The zero-order chi connectivity index (χ0) is 15.4. The Kier molecular flexibility index (Phi) is 5.43. The van der Waals surface area contributed by atoms with Crippen LogP contribution in [0.2, 0.25) is 0 Å². The molecule has 1 unspecified atom stereocenters. The monoisotopic (exact) mass is 285 g/mol. The van der Waals surface area contributed by atoms with E-state index >= 15 is 0 Å². The second-order valence-electron chi connectivity index (χ2n) is 3.33. The van der Waals surface area contributed by atoms with E-state index in [0.717, 1.165) is 5.01 Å². The molecule has 19 heavy (non-hydrogen) atoms. The van der Waals surface area contributed by atoms with Gasteiger partial charge in [-0.25, -0.2) is 14.6 Å².